The van der Waals surface area contributed by atoms with Crippen LogP contribution in [0.3, 0.4) is 0 Å². The average Bonchev–Trinajstić information content (AvgIpc) is 2.50. The van der Waals surface area contributed by atoms with Crippen LogP contribution in [0.5, 0.6) is 0 Å². The highest BCUT2D eigenvalue weighted by molar-refractivity contribution is 5.77. The van der Waals surface area contributed by atoms with Gasteiger partial charge < -0.3 is 10.3 Å². The number of carbonyl (C=O) groups is 1. The fourth-order valence-electron chi connectivity index (χ4n) is 2.18. The van der Waals surface area contributed by atoms with Gasteiger partial charge in [0.25, 0.3) is 5.56 Å². The number of aromatic amines is 1. The van der Waals surface area contributed by atoms with Gasteiger partial charge in [-0.05, 0) is 18.6 Å². The van der Waals surface area contributed by atoms with Gasteiger partial charge in [0.05, 0.1) is 10.9 Å². The number of unbranched alkanes of at least 4 members (excludes halogenated alkanes) is 2. The Morgan fingerprint density at radius 1 is 1.29 bits per heavy atom. The second-order valence-electron chi connectivity index (χ2n) is 5.09. The first kappa shape index (κ1) is 15.2. The van der Waals surface area contributed by atoms with E-state index in [1.54, 1.807) is 12.1 Å². The summed E-state index contributed by atoms with van der Waals surface area (Å²) in [6.45, 7) is 2.85. The van der Waals surface area contributed by atoms with Crippen LogP contribution in [0.4, 0.5) is 0 Å². The molecule has 112 valence electrons. The van der Waals surface area contributed by atoms with E-state index in [1.807, 2.05) is 12.1 Å². The normalized spacial score (nSPS) is 10.7. The summed E-state index contributed by atoms with van der Waals surface area (Å²) in [4.78, 5) is 30.7. The zero-order valence-corrected chi connectivity index (χ0v) is 12.3. The molecule has 0 saturated heterocycles. The molecule has 0 atom stereocenters. The summed E-state index contributed by atoms with van der Waals surface area (Å²) in [5.41, 5.74) is 0.513. The summed E-state index contributed by atoms with van der Waals surface area (Å²) in [6.07, 6.45) is 4.05. The summed E-state index contributed by atoms with van der Waals surface area (Å²) in [5, 5.41) is 3.46. The number of para-hydroxylation sites is 1. The molecule has 0 spiro atoms. The quantitative estimate of drug-likeness (QED) is 0.766. The van der Waals surface area contributed by atoms with Gasteiger partial charge in [-0.2, -0.15) is 0 Å². The molecule has 0 fully saturated rings. The molecular formula is C16H21N3O2. The number of hydrogen-bond donors (Lipinski definition) is 2. The van der Waals surface area contributed by atoms with Crippen LogP contribution in [0, 0.1) is 0 Å². The van der Waals surface area contributed by atoms with E-state index in [4.69, 9.17) is 0 Å². The lowest BCUT2D eigenvalue weighted by atomic mass is 10.2. The Labute approximate surface area is 123 Å². The molecule has 0 saturated carbocycles. The van der Waals surface area contributed by atoms with Crippen molar-refractivity contribution >= 4 is 16.8 Å². The number of fused-ring (bicyclic) bond motifs is 1. The predicted molar refractivity (Wildman–Crippen MR) is 83.2 cm³/mol. The Hall–Kier alpha value is -2.17. The van der Waals surface area contributed by atoms with Crippen LogP contribution >= 0.6 is 0 Å². The van der Waals surface area contributed by atoms with Gasteiger partial charge in [0.15, 0.2) is 0 Å². The van der Waals surface area contributed by atoms with Gasteiger partial charge in [0.2, 0.25) is 5.91 Å². The Morgan fingerprint density at radius 2 is 2.10 bits per heavy atom. The van der Waals surface area contributed by atoms with Crippen molar-refractivity contribution in [3.05, 3.63) is 40.4 Å². The van der Waals surface area contributed by atoms with Crippen LogP contribution in [0.1, 0.15) is 38.4 Å². The summed E-state index contributed by atoms with van der Waals surface area (Å²) < 4.78 is 0. The number of carbonyl (C=O) groups excluding carboxylic acids is 1. The van der Waals surface area contributed by atoms with Crippen molar-refractivity contribution in [1.82, 2.24) is 15.3 Å². The molecule has 1 amide bonds. The number of aryl methyl sites for hydroxylation is 1. The maximum atomic E-state index is 11.9. The second kappa shape index (κ2) is 7.57. The molecule has 21 heavy (non-hydrogen) atoms. The molecule has 1 aromatic carbocycles. The molecule has 0 aliphatic carbocycles. The largest absolute Gasteiger partial charge is 0.356 e. The molecule has 0 aliphatic heterocycles. The number of amides is 1. The van der Waals surface area contributed by atoms with E-state index < -0.39 is 0 Å². The Kier molecular flexibility index (Phi) is 5.49. The van der Waals surface area contributed by atoms with Crippen LogP contribution in [0.15, 0.2) is 29.1 Å². The van der Waals surface area contributed by atoms with Crippen molar-refractivity contribution in [2.45, 2.75) is 39.0 Å². The minimum Gasteiger partial charge on any atom is -0.356 e. The van der Waals surface area contributed by atoms with E-state index >= 15 is 0 Å². The Balaban J connectivity index is 1.91. The number of rotatable bonds is 7. The third-order valence-electron chi connectivity index (χ3n) is 3.35. The molecular weight excluding hydrogens is 266 g/mol. The third-order valence-corrected chi connectivity index (χ3v) is 3.35. The Bertz CT molecular complexity index is 664. The minimum absolute atomic E-state index is 0.00177. The van der Waals surface area contributed by atoms with E-state index in [9.17, 15) is 9.59 Å². The fraction of sp³-hybridized carbons (Fsp3) is 0.438. The molecule has 0 radical (unpaired) electrons. The Morgan fingerprint density at radius 3 is 2.90 bits per heavy atom. The number of benzene rings is 1. The summed E-state index contributed by atoms with van der Waals surface area (Å²) in [6, 6.07) is 7.20. The van der Waals surface area contributed by atoms with Gasteiger partial charge in [-0.25, -0.2) is 4.98 Å². The molecule has 2 rings (SSSR count). The van der Waals surface area contributed by atoms with Crippen molar-refractivity contribution in [3.8, 4) is 0 Å². The maximum Gasteiger partial charge on any atom is 0.258 e. The van der Waals surface area contributed by atoms with Gasteiger partial charge in [-0.1, -0.05) is 31.9 Å². The highest BCUT2D eigenvalue weighted by atomic mass is 16.1. The maximum absolute atomic E-state index is 11.9. The third kappa shape index (κ3) is 4.41. The zero-order valence-electron chi connectivity index (χ0n) is 12.3. The first-order valence-corrected chi connectivity index (χ1v) is 7.45. The molecule has 2 N–H and O–H groups in total. The number of H-pyrrole nitrogens is 1. The van der Waals surface area contributed by atoms with Crippen molar-refractivity contribution in [2.24, 2.45) is 0 Å². The molecule has 1 heterocycles. The van der Waals surface area contributed by atoms with Crippen molar-refractivity contribution in [2.75, 3.05) is 6.54 Å². The van der Waals surface area contributed by atoms with Crippen molar-refractivity contribution < 1.29 is 4.79 Å². The smallest absolute Gasteiger partial charge is 0.258 e. The lowest BCUT2D eigenvalue weighted by Gasteiger charge is -2.05. The van der Waals surface area contributed by atoms with Crippen LogP contribution < -0.4 is 10.9 Å². The highest BCUT2D eigenvalue weighted by Gasteiger charge is 2.06. The SMILES string of the molecule is CCCCCNC(=O)CCc1nc2ccccc2c(=O)[nH]1. The summed E-state index contributed by atoms with van der Waals surface area (Å²) >= 11 is 0. The van der Waals surface area contributed by atoms with E-state index in [0.717, 1.165) is 19.3 Å². The van der Waals surface area contributed by atoms with Crippen LogP contribution in [-0.4, -0.2) is 22.4 Å². The highest BCUT2D eigenvalue weighted by Crippen LogP contribution is 2.06. The molecule has 5 nitrogen and oxygen atoms in total. The monoisotopic (exact) mass is 287 g/mol. The van der Waals surface area contributed by atoms with Crippen LogP contribution in [0.25, 0.3) is 10.9 Å². The minimum atomic E-state index is -0.154. The molecule has 2 aromatic rings. The molecule has 1 aromatic heterocycles. The van der Waals surface area contributed by atoms with Crippen LogP contribution in [0.2, 0.25) is 0 Å². The van der Waals surface area contributed by atoms with E-state index in [-0.39, 0.29) is 11.5 Å². The molecule has 0 unspecified atom stereocenters. The van der Waals surface area contributed by atoms with E-state index in [2.05, 4.69) is 22.2 Å². The van der Waals surface area contributed by atoms with Gasteiger partial charge in [-0.3, -0.25) is 9.59 Å². The first-order valence-electron chi connectivity index (χ1n) is 7.45. The number of nitrogens with one attached hydrogen (secondary N) is 2. The lowest BCUT2D eigenvalue weighted by molar-refractivity contribution is -0.121. The van der Waals surface area contributed by atoms with E-state index in [1.165, 1.54) is 0 Å². The molecule has 0 bridgehead atoms. The topological polar surface area (TPSA) is 74.8 Å². The van der Waals surface area contributed by atoms with Crippen molar-refractivity contribution in [1.29, 1.82) is 0 Å². The van der Waals surface area contributed by atoms with E-state index in [0.29, 0.717) is 36.1 Å². The van der Waals surface area contributed by atoms with Gasteiger partial charge in [0.1, 0.15) is 5.82 Å². The fourth-order valence-corrected chi connectivity index (χ4v) is 2.18. The first-order chi connectivity index (χ1) is 10.2. The standard InChI is InChI=1S/C16H21N3O2/c1-2-3-6-11-17-15(20)10-9-14-18-13-8-5-4-7-12(13)16(21)19-14/h4-5,7-8H,2-3,6,9-11H2,1H3,(H,17,20)(H,18,19,21). The van der Waals surface area contributed by atoms with Crippen LogP contribution in [-0.2, 0) is 11.2 Å². The lowest BCUT2D eigenvalue weighted by Crippen LogP contribution is -2.25. The number of nitrogens with zero attached hydrogens (tertiary/aromatic N) is 1. The number of hydrogen-bond acceptors (Lipinski definition) is 3. The van der Waals surface area contributed by atoms with Gasteiger partial charge in [-0.15, -0.1) is 0 Å². The van der Waals surface area contributed by atoms with Gasteiger partial charge in [0, 0.05) is 19.4 Å². The number of aromatic nitrogens is 2. The zero-order chi connectivity index (χ0) is 15.1. The second-order valence-corrected chi connectivity index (χ2v) is 5.09. The molecule has 5 heteroatoms. The average molecular weight is 287 g/mol. The van der Waals surface area contributed by atoms with Gasteiger partial charge >= 0.3 is 0 Å². The summed E-state index contributed by atoms with van der Waals surface area (Å²) in [5.74, 6) is 0.560. The van der Waals surface area contributed by atoms with Crippen molar-refractivity contribution in [3.63, 3.8) is 0 Å². The predicted octanol–water partition coefficient (Wildman–Crippen LogP) is 2.16. The summed E-state index contributed by atoms with van der Waals surface area (Å²) in [7, 11) is 0. The molecule has 0 aliphatic rings.